The minimum atomic E-state index is -4.65. The summed E-state index contributed by atoms with van der Waals surface area (Å²) in [4.78, 5) is 44.0. The van der Waals surface area contributed by atoms with E-state index in [9.17, 15) is 27.6 Å². The molecule has 1 aromatic heterocycles. The van der Waals surface area contributed by atoms with Gasteiger partial charge in [0.2, 0.25) is 5.91 Å². The summed E-state index contributed by atoms with van der Waals surface area (Å²) in [5.74, 6) is -1.90. The maximum absolute atomic E-state index is 14.3. The molecule has 0 fully saturated rings. The molecule has 47 heavy (non-hydrogen) atoms. The Kier molecular flexibility index (Phi) is 9.61. The van der Waals surface area contributed by atoms with Gasteiger partial charge < -0.3 is 15.5 Å². The summed E-state index contributed by atoms with van der Waals surface area (Å²) in [5, 5.41) is 10.4. The van der Waals surface area contributed by atoms with Gasteiger partial charge in [-0.05, 0) is 76.0 Å². The minimum Gasteiger partial charge on any atom is -0.339 e. The smallest absolute Gasteiger partial charge is 0.339 e. The molecule has 0 radical (unpaired) electrons. The summed E-state index contributed by atoms with van der Waals surface area (Å²) in [6.45, 7) is 4.42. The van der Waals surface area contributed by atoms with Crippen molar-refractivity contribution in [3.05, 3.63) is 119 Å². The van der Waals surface area contributed by atoms with E-state index < -0.39 is 35.5 Å². The number of nitrogens with one attached hydrogen (secondary N) is 2. The number of fused-ring (bicyclic) bond motifs is 1. The Labute approximate surface area is 270 Å². The standard InChI is InChI=1S/C35H35F3N6O3/c1-5-43-33-29(22(2)41-44(33)27-16-7-6-8-17-27)30(23-12-10-15-26(21-23)39-28(45)18-11-19-42(3)4)31(34(43)47)40-32(46)24-13-9-14-25(20-24)35(36,37)38/h6-18,20-21,30-31H,5,19H2,1-4H3,(H,39,45)(H,40,46)/b18-11+/t30-,31-/m0/s1. The number of halogens is 3. The van der Waals surface area contributed by atoms with Crippen LogP contribution in [0, 0.1) is 6.92 Å². The van der Waals surface area contributed by atoms with E-state index in [1.807, 2.05) is 56.3 Å². The van der Waals surface area contributed by atoms with Gasteiger partial charge in [-0.1, -0.05) is 42.5 Å². The van der Waals surface area contributed by atoms with E-state index in [0.29, 0.717) is 34.9 Å². The number of benzene rings is 3. The molecule has 9 nitrogen and oxygen atoms in total. The fourth-order valence-corrected chi connectivity index (χ4v) is 5.72. The van der Waals surface area contributed by atoms with Crippen molar-refractivity contribution >= 4 is 29.2 Å². The van der Waals surface area contributed by atoms with Crippen molar-refractivity contribution in [2.75, 3.05) is 37.4 Å². The summed E-state index contributed by atoms with van der Waals surface area (Å²) >= 11 is 0. The van der Waals surface area contributed by atoms with E-state index in [2.05, 4.69) is 10.6 Å². The summed E-state index contributed by atoms with van der Waals surface area (Å²) in [7, 11) is 3.77. The number of para-hydroxylation sites is 1. The Morgan fingerprint density at radius 2 is 1.72 bits per heavy atom. The van der Waals surface area contributed by atoms with Gasteiger partial charge in [0, 0.05) is 41.9 Å². The molecule has 244 valence electrons. The van der Waals surface area contributed by atoms with Gasteiger partial charge in [-0.25, -0.2) is 4.68 Å². The van der Waals surface area contributed by atoms with Crippen LogP contribution in [-0.4, -0.2) is 65.6 Å². The Balaban J connectivity index is 1.61. The fraction of sp³-hybridized carbons (Fsp3) is 0.257. The second kappa shape index (κ2) is 13.6. The van der Waals surface area contributed by atoms with Crippen LogP contribution in [-0.2, 0) is 15.8 Å². The Hall–Kier alpha value is -5.23. The molecule has 1 aliphatic heterocycles. The first kappa shape index (κ1) is 33.1. The molecule has 3 aromatic carbocycles. The van der Waals surface area contributed by atoms with Crippen LogP contribution >= 0.6 is 0 Å². The van der Waals surface area contributed by atoms with Crippen molar-refractivity contribution in [1.82, 2.24) is 20.0 Å². The van der Waals surface area contributed by atoms with Crippen LogP contribution < -0.4 is 15.5 Å². The zero-order chi connectivity index (χ0) is 33.9. The van der Waals surface area contributed by atoms with E-state index in [4.69, 9.17) is 5.10 Å². The third-order valence-electron chi connectivity index (χ3n) is 7.82. The number of carbonyl (C=O) groups is 3. The Morgan fingerprint density at radius 1 is 1.00 bits per heavy atom. The third-order valence-corrected chi connectivity index (χ3v) is 7.82. The number of hydrogen-bond acceptors (Lipinski definition) is 5. The first-order chi connectivity index (χ1) is 22.4. The minimum absolute atomic E-state index is 0.234. The number of hydrogen-bond donors (Lipinski definition) is 2. The highest BCUT2D eigenvalue weighted by atomic mass is 19.4. The number of anilines is 2. The molecule has 0 spiro atoms. The van der Waals surface area contributed by atoms with Crippen LogP contribution in [0.3, 0.4) is 0 Å². The van der Waals surface area contributed by atoms with Crippen LogP contribution in [0.25, 0.3) is 5.69 Å². The number of aromatic nitrogens is 2. The van der Waals surface area contributed by atoms with Gasteiger partial charge in [0.25, 0.3) is 11.8 Å². The second-order valence-corrected chi connectivity index (χ2v) is 11.4. The predicted octanol–water partition coefficient (Wildman–Crippen LogP) is 5.55. The molecule has 2 atom stereocenters. The maximum atomic E-state index is 14.3. The molecule has 12 heteroatoms. The summed E-state index contributed by atoms with van der Waals surface area (Å²) < 4.78 is 42.1. The van der Waals surface area contributed by atoms with Crippen LogP contribution in [0.2, 0.25) is 0 Å². The molecule has 4 aromatic rings. The van der Waals surface area contributed by atoms with Gasteiger partial charge >= 0.3 is 6.18 Å². The zero-order valence-electron chi connectivity index (χ0n) is 26.4. The number of alkyl halides is 3. The number of aryl methyl sites for hydroxylation is 1. The average Bonchev–Trinajstić information content (AvgIpc) is 3.37. The largest absolute Gasteiger partial charge is 0.416 e. The number of amides is 3. The normalized spacial score (nSPS) is 16.4. The van der Waals surface area contributed by atoms with E-state index in [0.717, 1.165) is 23.9 Å². The van der Waals surface area contributed by atoms with Gasteiger partial charge in [0.15, 0.2) is 0 Å². The zero-order valence-corrected chi connectivity index (χ0v) is 26.4. The van der Waals surface area contributed by atoms with Crippen LogP contribution in [0.15, 0.2) is 91.0 Å². The molecule has 0 saturated carbocycles. The molecule has 5 rings (SSSR count). The van der Waals surface area contributed by atoms with Crippen molar-refractivity contribution in [3.8, 4) is 5.69 Å². The van der Waals surface area contributed by atoms with E-state index in [-0.39, 0.29) is 18.0 Å². The molecule has 1 aliphatic rings. The van der Waals surface area contributed by atoms with Gasteiger partial charge in [-0.15, -0.1) is 0 Å². The highest BCUT2D eigenvalue weighted by Gasteiger charge is 2.45. The lowest BCUT2D eigenvalue weighted by atomic mass is 9.81. The van der Waals surface area contributed by atoms with Crippen LogP contribution in [0.4, 0.5) is 24.7 Å². The maximum Gasteiger partial charge on any atom is 0.416 e. The lowest BCUT2D eigenvalue weighted by molar-refractivity contribution is -0.137. The van der Waals surface area contributed by atoms with Crippen LogP contribution in [0.1, 0.15) is 45.6 Å². The SMILES string of the molecule is CCN1C(=O)[C@@H](NC(=O)c2cccc(C(F)(F)F)c2)[C@@H](c2cccc(NC(=O)/C=C/CN(C)C)c2)c2c(C)nn(-c3ccccc3)c21. The van der Waals surface area contributed by atoms with Crippen molar-refractivity contribution in [2.45, 2.75) is 32.0 Å². The highest BCUT2D eigenvalue weighted by Crippen LogP contribution is 2.44. The quantitative estimate of drug-likeness (QED) is 0.233. The molecule has 2 N–H and O–H groups in total. The number of carbonyl (C=O) groups excluding carboxylic acids is 3. The van der Waals surface area contributed by atoms with Crippen molar-refractivity contribution in [1.29, 1.82) is 0 Å². The topological polar surface area (TPSA) is 99.6 Å². The van der Waals surface area contributed by atoms with E-state index in [1.165, 1.54) is 17.0 Å². The molecular formula is C35H35F3N6O3. The number of nitrogens with zero attached hydrogens (tertiary/aromatic N) is 4. The lowest BCUT2D eigenvalue weighted by Gasteiger charge is -2.38. The first-order valence-electron chi connectivity index (χ1n) is 15.1. The van der Waals surface area contributed by atoms with E-state index >= 15 is 0 Å². The number of rotatable bonds is 9. The second-order valence-electron chi connectivity index (χ2n) is 11.4. The summed E-state index contributed by atoms with van der Waals surface area (Å²) in [5.41, 5.74) is 1.83. The number of likely N-dealkylation sites (N-methyl/N-ethyl adjacent to an activating group) is 2. The first-order valence-corrected chi connectivity index (χ1v) is 15.1. The summed E-state index contributed by atoms with van der Waals surface area (Å²) in [6, 6.07) is 19.1. The van der Waals surface area contributed by atoms with Gasteiger partial charge in [-0.3, -0.25) is 19.3 Å². The van der Waals surface area contributed by atoms with Crippen molar-refractivity contribution in [3.63, 3.8) is 0 Å². The molecule has 2 heterocycles. The van der Waals surface area contributed by atoms with Gasteiger partial charge in [0.05, 0.1) is 16.9 Å². The predicted molar refractivity (Wildman–Crippen MR) is 174 cm³/mol. The Bertz CT molecular complexity index is 1820. The molecule has 0 bridgehead atoms. The molecule has 0 saturated heterocycles. The summed E-state index contributed by atoms with van der Waals surface area (Å²) in [6.07, 6.45) is -1.49. The molecule has 0 aliphatic carbocycles. The monoisotopic (exact) mass is 644 g/mol. The lowest BCUT2D eigenvalue weighted by Crippen LogP contribution is -2.55. The highest BCUT2D eigenvalue weighted by molar-refractivity contribution is 6.05. The van der Waals surface area contributed by atoms with Crippen molar-refractivity contribution in [2.24, 2.45) is 0 Å². The van der Waals surface area contributed by atoms with E-state index in [1.54, 1.807) is 41.9 Å². The van der Waals surface area contributed by atoms with Crippen molar-refractivity contribution < 1.29 is 27.6 Å². The third kappa shape index (κ3) is 7.12. The Morgan fingerprint density at radius 3 is 2.40 bits per heavy atom. The molecule has 0 unspecified atom stereocenters. The van der Waals surface area contributed by atoms with Gasteiger partial charge in [-0.2, -0.15) is 18.3 Å². The fourth-order valence-electron chi connectivity index (χ4n) is 5.72. The molecule has 3 amide bonds. The van der Waals surface area contributed by atoms with Gasteiger partial charge in [0.1, 0.15) is 11.9 Å². The average molecular weight is 645 g/mol. The molecular weight excluding hydrogens is 609 g/mol. The van der Waals surface area contributed by atoms with Crippen LogP contribution in [0.5, 0.6) is 0 Å².